The van der Waals surface area contributed by atoms with Gasteiger partial charge in [-0.15, -0.1) is 6.58 Å². The van der Waals surface area contributed by atoms with Gasteiger partial charge in [-0.25, -0.2) is 9.59 Å². The minimum Gasteiger partial charge on any atom is -0.458 e. The molecule has 0 spiro atoms. The van der Waals surface area contributed by atoms with E-state index in [0.717, 1.165) is 6.08 Å². The average Bonchev–Trinajstić information content (AvgIpc) is 2.32. The average molecular weight is 236 g/mol. The van der Waals surface area contributed by atoms with Crippen LogP contribution in [0.4, 0.5) is 0 Å². The van der Waals surface area contributed by atoms with Crippen LogP contribution >= 0.6 is 0 Å². The first-order valence-electron chi connectivity index (χ1n) is 5.02. The zero-order chi connectivity index (χ0) is 13.1. The van der Waals surface area contributed by atoms with Crippen LogP contribution in [0.2, 0.25) is 0 Å². The molecule has 17 heavy (non-hydrogen) atoms. The molecule has 0 saturated carbocycles. The highest BCUT2D eigenvalue weighted by Crippen LogP contribution is 2.05. The van der Waals surface area contributed by atoms with Crippen LogP contribution in [-0.4, -0.2) is 25.2 Å². The van der Waals surface area contributed by atoms with Crippen molar-refractivity contribution >= 4 is 11.9 Å². The van der Waals surface area contributed by atoms with Gasteiger partial charge in [0.05, 0.1) is 0 Å². The molecule has 0 aromatic heterocycles. The predicted molar refractivity (Wildman–Crippen MR) is 65.2 cm³/mol. The third-order valence-electron chi connectivity index (χ3n) is 1.59. The summed E-state index contributed by atoms with van der Waals surface area (Å²) in [5, 5.41) is 0. The summed E-state index contributed by atoms with van der Waals surface area (Å²) in [4.78, 5) is 22.7. The number of ether oxygens (including phenoxy) is 2. The van der Waals surface area contributed by atoms with Crippen LogP contribution in [0, 0.1) is 0 Å². The van der Waals surface area contributed by atoms with Crippen LogP contribution in [0.1, 0.15) is 6.42 Å². The van der Waals surface area contributed by atoms with E-state index in [1.54, 1.807) is 0 Å². The first-order chi connectivity index (χ1) is 8.15. The molecule has 0 aliphatic heterocycles. The van der Waals surface area contributed by atoms with Gasteiger partial charge < -0.3 is 9.47 Å². The Morgan fingerprint density at radius 3 is 2.06 bits per heavy atom. The summed E-state index contributed by atoms with van der Waals surface area (Å²) in [6.07, 6.45) is 5.71. The summed E-state index contributed by atoms with van der Waals surface area (Å²) in [6, 6.07) is 0. The molecule has 4 nitrogen and oxygen atoms in total. The van der Waals surface area contributed by atoms with Gasteiger partial charge in [-0.05, 0) is 6.42 Å². The Balaban J connectivity index is 4.57. The molecule has 92 valence electrons. The Morgan fingerprint density at radius 1 is 0.941 bits per heavy atom. The quantitative estimate of drug-likeness (QED) is 0.367. The monoisotopic (exact) mass is 236 g/mol. The molecule has 0 bridgehead atoms. The minimum atomic E-state index is -0.614. The van der Waals surface area contributed by atoms with Crippen LogP contribution in [0.5, 0.6) is 0 Å². The van der Waals surface area contributed by atoms with E-state index >= 15 is 0 Å². The zero-order valence-corrected chi connectivity index (χ0v) is 9.69. The van der Waals surface area contributed by atoms with E-state index in [-0.39, 0.29) is 25.2 Å². The molecule has 4 heteroatoms. The molecular formula is C13H16O4. The largest absolute Gasteiger partial charge is 0.458 e. The summed E-state index contributed by atoms with van der Waals surface area (Å²) in [6.45, 7) is 10.5. The Hall–Kier alpha value is -2.10. The molecule has 0 N–H and O–H groups in total. The van der Waals surface area contributed by atoms with E-state index < -0.39 is 11.9 Å². The first kappa shape index (κ1) is 14.9. The van der Waals surface area contributed by atoms with Gasteiger partial charge in [0.15, 0.2) is 0 Å². The molecule has 0 saturated heterocycles. The highest BCUT2D eigenvalue weighted by atomic mass is 16.5. The Bertz CT molecular complexity index is 339. The Morgan fingerprint density at radius 2 is 1.53 bits per heavy atom. The lowest BCUT2D eigenvalue weighted by atomic mass is 10.2. The van der Waals surface area contributed by atoms with Crippen molar-refractivity contribution in [2.75, 3.05) is 13.2 Å². The van der Waals surface area contributed by atoms with Crippen molar-refractivity contribution in [3.05, 3.63) is 49.6 Å². The zero-order valence-electron chi connectivity index (χ0n) is 9.69. The molecule has 0 aliphatic rings. The molecule has 0 atom stereocenters. The third kappa shape index (κ3) is 6.89. The van der Waals surface area contributed by atoms with E-state index in [0.29, 0.717) is 0 Å². The SMILES string of the molecule is C=CCOC(=O)C=C(CC=C)C(=O)OCC=C. The summed E-state index contributed by atoms with van der Waals surface area (Å²) in [5.41, 5.74) is 0.191. The highest BCUT2D eigenvalue weighted by Gasteiger charge is 2.11. The summed E-state index contributed by atoms with van der Waals surface area (Å²) in [5.74, 6) is -1.20. The smallest absolute Gasteiger partial charge is 0.334 e. The fourth-order valence-corrected chi connectivity index (χ4v) is 0.909. The minimum absolute atomic E-state index is 0.0923. The van der Waals surface area contributed by atoms with Crippen LogP contribution in [0.15, 0.2) is 49.6 Å². The third-order valence-corrected chi connectivity index (χ3v) is 1.59. The molecule has 0 aromatic rings. The molecule has 0 fully saturated rings. The van der Waals surface area contributed by atoms with Gasteiger partial charge in [0, 0.05) is 11.6 Å². The standard InChI is InChI=1S/C13H16O4/c1-4-7-11(13(15)17-9-6-3)10-12(14)16-8-5-2/h4-6,10H,1-3,7-9H2. The normalized spacial score (nSPS) is 10.2. The topological polar surface area (TPSA) is 52.6 Å². The lowest BCUT2D eigenvalue weighted by Gasteiger charge is -2.04. The van der Waals surface area contributed by atoms with Gasteiger partial charge in [-0.2, -0.15) is 0 Å². The van der Waals surface area contributed by atoms with Gasteiger partial charge in [-0.1, -0.05) is 31.4 Å². The first-order valence-corrected chi connectivity index (χ1v) is 5.02. The van der Waals surface area contributed by atoms with Crippen molar-refractivity contribution in [2.45, 2.75) is 6.42 Å². The van der Waals surface area contributed by atoms with Gasteiger partial charge in [-0.3, -0.25) is 0 Å². The number of rotatable bonds is 8. The van der Waals surface area contributed by atoms with Crippen molar-refractivity contribution in [1.82, 2.24) is 0 Å². The molecule has 0 rings (SSSR count). The van der Waals surface area contributed by atoms with Crippen molar-refractivity contribution in [3.63, 3.8) is 0 Å². The van der Waals surface area contributed by atoms with Crippen molar-refractivity contribution in [3.8, 4) is 0 Å². The van der Waals surface area contributed by atoms with E-state index in [1.165, 1.54) is 18.2 Å². The fraction of sp³-hybridized carbons (Fsp3) is 0.231. The molecule has 0 radical (unpaired) electrons. The molecule has 0 unspecified atom stereocenters. The Kier molecular flexibility index (Phi) is 8.02. The van der Waals surface area contributed by atoms with E-state index in [9.17, 15) is 9.59 Å². The van der Waals surface area contributed by atoms with Crippen LogP contribution in [0.3, 0.4) is 0 Å². The van der Waals surface area contributed by atoms with Crippen LogP contribution in [-0.2, 0) is 19.1 Å². The van der Waals surface area contributed by atoms with Crippen LogP contribution < -0.4 is 0 Å². The van der Waals surface area contributed by atoms with Gasteiger partial charge in [0.25, 0.3) is 0 Å². The molecule has 0 amide bonds. The van der Waals surface area contributed by atoms with Gasteiger partial charge in [0.2, 0.25) is 0 Å². The van der Waals surface area contributed by atoms with E-state index in [4.69, 9.17) is 9.47 Å². The number of hydrogen-bond acceptors (Lipinski definition) is 4. The van der Waals surface area contributed by atoms with Crippen LogP contribution in [0.25, 0.3) is 0 Å². The lowest BCUT2D eigenvalue weighted by Crippen LogP contribution is -2.11. The maximum atomic E-state index is 11.5. The predicted octanol–water partition coefficient (Wildman–Crippen LogP) is 1.95. The summed E-state index contributed by atoms with van der Waals surface area (Å²) >= 11 is 0. The van der Waals surface area contributed by atoms with Crippen molar-refractivity contribution in [2.24, 2.45) is 0 Å². The number of hydrogen-bond donors (Lipinski definition) is 0. The summed E-state index contributed by atoms with van der Waals surface area (Å²) < 4.78 is 9.54. The summed E-state index contributed by atoms with van der Waals surface area (Å²) in [7, 11) is 0. The molecule has 0 heterocycles. The second kappa shape index (κ2) is 9.15. The lowest BCUT2D eigenvalue weighted by molar-refractivity contribution is -0.140. The second-order valence-electron chi connectivity index (χ2n) is 2.97. The maximum Gasteiger partial charge on any atom is 0.334 e. The number of allylic oxidation sites excluding steroid dienone is 1. The van der Waals surface area contributed by atoms with Gasteiger partial charge >= 0.3 is 11.9 Å². The van der Waals surface area contributed by atoms with E-state index in [1.807, 2.05) is 0 Å². The molecule has 0 aliphatic carbocycles. The maximum absolute atomic E-state index is 11.5. The van der Waals surface area contributed by atoms with Crippen molar-refractivity contribution in [1.29, 1.82) is 0 Å². The van der Waals surface area contributed by atoms with E-state index in [2.05, 4.69) is 19.7 Å². The second-order valence-corrected chi connectivity index (χ2v) is 2.97. The highest BCUT2D eigenvalue weighted by molar-refractivity contribution is 5.96. The van der Waals surface area contributed by atoms with Gasteiger partial charge in [0.1, 0.15) is 13.2 Å². The molecule has 0 aromatic carbocycles. The number of esters is 2. The number of carbonyl (C=O) groups is 2. The number of carbonyl (C=O) groups excluding carboxylic acids is 2. The van der Waals surface area contributed by atoms with Crippen molar-refractivity contribution < 1.29 is 19.1 Å². The fourth-order valence-electron chi connectivity index (χ4n) is 0.909. The molecular weight excluding hydrogens is 220 g/mol. The Labute approximate surface area is 101 Å².